The van der Waals surface area contributed by atoms with Crippen molar-refractivity contribution in [3.05, 3.63) is 36.4 Å². The molecule has 2 unspecified atom stereocenters. The van der Waals surface area contributed by atoms with Gasteiger partial charge >= 0.3 is 0 Å². The van der Waals surface area contributed by atoms with E-state index in [0.717, 1.165) is 23.5 Å². The molecule has 0 aromatic heterocycles. The summed E-state index contributed by atoms with van der Waals surface area (Å²) in [6, 6.07) is 8.23. The van der Waals surface area contributed by atoms with Crippen molar-refractivity contribution in [2.45, 2.75) is 30.4 Å². The molecule has 1 aliphatic heterocycles. The normalized spacial score (nSPS) is 20.2. The Morgan fingerprint density at radius 3 is 3.12 bits per heavy atom. The summed E-state index contributed by atoms with van der Waals surface area (Å²) in [5.74, 6) is 7.46. The standard InChI is InChI=1S/C13H18N2OS/c1-9(2)7-10(15-14)12-8-17-13-6-4-3-5-11(13)16-12/h3-6,10,12,15H,1,7-8,14H2,2H3. The first kappa shape index (κ1) is 12.5. The average Bonchev–Trinajstić information content (AvgIpc) is 2.35. The predicted molar refractivity (Wildman–Crippen MR) is 72.1 cm³/mol. The highest BCUT2D eigenvalue weighted by Crippen LogP contribution is 2.36. The Bertz CT molecular complexity index is 408. The Labute approximate surface area is 106 Å². The molecule has 1 aromatic rings. The number of para-hydroxylation sites is 1. The van der Waals surface area contributed by atoms with E-state index in [0.29, 0.717) is 0 Å². The van der Waals surface area contributed by atoms with Gasteiger partial charge in [-0.15, -0.1) is 18.3 Å². The van der Waals surface area contributed by atoms with Gasteiger partial charge in [-0.25, -0.2) is 0 Å². The van der Waals surface area contributed by atoms with E-state index in [9.17, 15) is 0 Å². The van der Waals surface area contributed by atoms with Crippen molar-refractivity contribution < 1.29 is 4.74 Å². The minimum Gasteiger partial charge on any atom is -0.487 e. The van der Waals surface area contributed by atoms with E-state index in [-0.39, 0.29) is 12.1 Å². The molecule has 17 heavy (non-hydrogen) atoms. The summed E-state index contributed by atoms with van der Waals surface area (Å²) in [6.45, 7) is 5.93. The summed E-state index contributed by atoms with van der Waals surface area (Å²) in [6.07, 6.45) is 0.931. The minimum absolute atomic E-state index is 0.0941. The van der Waals surface area contributed by atoms with Crippen molar-refractivity contribution >= 4 is 11.8 Å². The van der Waals surface area contributed by atoms with Crippen LogP contribution in [0.2, 0.25) is 0 Å². The molecule has 0 radical (unpaired) electrons. The van der Waals surface area contributed by atoms with Gasteiger partial charge in [-0.3, -0.25) is 11.3 Å². The summed E-state index contributed by atoms with van der Waals surface area (Å²) in [7, 11) is 0. The SMILES string of the molecule is C=C(C)CC(NN)C1CSc2ccccc2O1. The maximum Gasteiger partial charge on any atom is 0.133 e. The highest BCUT2D eigenvalue weighted by molar-refractivity contribution is 7.99. The molecule has 0 saturated carbocycles. The fourth-order valence-electron chi connectivity index (χ4n) is 1.91. The fourth-order valence-corrected chi connectivity index (χ4v) is 2.98. The van der Waals surface area contributed by atoms with Crippen LogP contribution in [-0.2, 0) is 0 Å². The summed E-state index contributed by atoms with van der Waals surface area (Å²) in [5.41, 5.74) is 3.95. The molecule has 0 amide bonds. The number of thioether (sulfide) groups is 1. The number of hydrogen-bond acceptors (Lipinski definition) is 4. The van der Waals surface area contributed by atoms with E-state index in [4.69, 9.17) is 10.6 Å². The van der Waals surface area contributed by atoms with Crippen LogP contribution in [0.3, 0.4) is 0 Å². The number of fused-ring (bicyclic) bond motifs is 1. The quantitative estimate of drug-likeness (QED) is 0.489. The second-order valence-corrected chi connectivity index (χ2v) is 5.41. The van der Waals surface area contributed by atoms with Gasteiger partial charge in [0.1, 0.15) is 11.9 Å². The number of nitrogens with two attached hydrogens (primary N) is 1. The highest BCUT2D eigenvalue weighted by Gasteiger charge is 2.27. The third-order valence-electron chi connectivity index (χ3n) is 2.76. The second-order valence-electron chi connectivity index (χ2n) is 4.35. The number of benzene rings is 1. The molecule has 2 atom stereocenters. The molecule has 0 saturated heterocycles. The molecule has 0 bridgehead atoms. The van der Waals surface area contributed by atoms with Crippen LogP contribution < -0.4 is 16.0 Å². The van der Waals surface area contributed by atoms with Crippen LogP contribution in [0.1, 0.15) is 13.3 Å². The molecular formula is C13H18N2OS. The highest BCUT2D eigenvalue weighted by atomic mass is 32.2. The van der Waals surface area contributed by atoms with Gasteiger partial charge in [0.2, 0.25) is 0 Å². The first-order chi connectivity index (χ1) is 8.20. The zero-order valence-electron chi connectivity index (χ0n) is 9.98. The van der Waals surface area contributed by atoms with E-state index < -0.39 is 0 Å². The van der Waals surface area contributed by atoms with E-state index in [2.05, 4.69) is 18.1 Å². The number of ether oxygens (including phenoxy) is 1. The van der Waals surface area contributed by atoms with Crippen LogP contribution >= 0.6 is 11.8 Å². The Hall–Kier alpha value is -0.970. The fraction of sp³-hybridized carbons (Fsp3) is 0.385. The largest absolute Gasteiger partial charge is 0.487 e. The molecule has 4 heteroatoms. The molecule has 1 aliphatic rings. The summed E-state index contributed by atoms with van der Waals surface area (Å²) in [4.78, 5) is 1.20. The molecule has 92 valence electrons. The molecule has 0 spiro atoms. The minimum atomic E-state index is 0.0941. The maximum atomic E-state index is 5.98. The zero-order valence-corrected chi connectivity index (χ0v) is 10.8. The van der Waals surface area contributed by atoms with E-state index in [1.807, 2.05) is 36.9 Å². The predicted octanol–water partition coefficient (Wildman–Crippen LogP) is 2.34. The lowest BCUT2D eigenvalue weighted by Gasteiger charge is -2.31. The monoisotopic (exact) mass is 250 g/mol. The lowest BCUT2D eigenvalue weighted by molar-refractivity contribution is 0.165. The van der Waals surface area contributed by atoms with Crippen LogP contribution in [0.4, 0.5) is 0 Å². The number of rotatable bonds is 4. The van der Waals surface area contributed by atoms with Gasteiger partial charge in [0.05, 0.1) is 6.04 Å². The average molecular weight is 250 g/mol. The second kappa shape index (κ2) is 5.58. The van der Waals surface area contributed by atoms with E-state index in [1.54, 1.807) is 0 Å². The van der Waals surface area contributed by atoms with Crippen LogP contribution in [0.5, 0.6) is 5.75 Å². The Morgan fingerprint density at radius 2 is 2.41 bits per heavy atom. The van der Waals surface area contributed by atoms with Gasteiger partial charge < -0.3 is 4.74 Å². The number of hydrogen-bond donors (Lipinski definition) is 2. The van der Waals surface area contributed by atoms with E-state index >= 15 is 0 Å². The van der Waals surface area contributed by atoms with Crippen molar-refractivity contribution in [1.82, 2.24) is 5.43 Å². The molecular weight excluding hydrogens is 232 g/mol. The topological polar surface area (TPSA) is 47.3 Å². The van der Waals surface area contributed by atoms with Gasteiger partial charge in [-0.05, 0) is 25.5 Å². The molecule has 0 fully saturated rings. The molecule has 1 heterocycles. The van der Waals surface area contributed by atoms with Gasteiger partial charge in [0.25, 0.3) is 0 Å². The summed E-state index contributed by atoms with van der Waals surface area (Å²) >= 11 is 1.82. The first-order valence-corrected chi connectivity index (χ1v) is 6.68. The third-order valence-corrected chi connectivity index (χ3v) is 3.91. The number of hydrazine groups is 1. The van der Waals surface area contributed by atoms with Crippen LogP contribution in [0, 0.1) is 0 Å². The molecule has 2 rings (SSSR count). The van der Waals surface area contributed by atoms with Crippen molar-refractivity contribution in [3.8, 4) is 5.75 Å². The lowest BCUT2D eigenvalue weighted by atomic mass is 10.0. The Balaban J connectivity index is 2.08. The van der Waals surface area contributed by atoms with Crippen molar-refractivity contribution in [2.75, 3.05) is 5.75 Å². The number of nitrogens with one attached hydrogen (secondary N) is 1. The van der Waals surface area contributed by atoms with Gasteiger partial charge in [-0.1, -0.05) is 17.7 Å². The zero-order chi connectivity index (χ0) is 12.3. The van der Waals surface area contributed by atoms with Crippen LogP contribution in [0.25, 0.3) is 0 Å². The molecule has 0 aliphatic carbocycles. The maximum absolute atomic E-state index is 5.98. The summed E-state index contributed by atoms with van der Waals surface area (Å²) in [5, 5.41) is 0. The molecule has 1 aromatic carbocycles. The van der Waals surface area contributed by atoms with Crippen molar-refractivity contribution in [1.29, 1.82) is 0 Å². The third kappa shape index (κ3) is 3.03. The van der Waals surface area contributed by atoms with Crippen LogP contribution in [0.15, 0.2) is 41.3 Å². The Morgan fingerprint density at radius 1 is 1.65 bits per heavy atom. The molecule has 3 N–H and O–H groups in total. The van der Waals surface area contributed by atoms with E-state index in [1.165, 1.54) is 4.90 Å². The van der Waals surface area contributed by atoms with Crippen LogP contribution in [-0.4, -0.2) is 17.9 Å². The first-order valence-electron chi connectivity index (χ1n) is 5.69. The van der Waals surface area contributed by atoms with Gasteiger partial charge in [-0.2, -0.15) is 0 Å². The van der Waals surface area contributed by atoms with Gasteiger partial charge in [0, 0.05) is 10.6 Å². The summed E-state index contributed by atoms with van der Waals surface area (Å²) < 4.78 is 5.98. The molecule has 3 nitrogen and oxygen atoms in total. The lowest BCUT2D eigenvalue weighted by Crippen LogP contribution is -2.48. The van der Waals surface area contributed by atoms with Gasteiger partial charge in [0.15, 0.2) is 0 Å². The van der Waals surface area contributed by atoms with Crippen molar-refractivity contribution in [2.24, 2.45) is 5.84 Å². The smallest absolute Gasteiger partial charge is 0.133 e. The Kier molecular flexibility index (Phi) is 4.10. The van der Waals surface area contributed by atoms with Crippen molar-refractivity contribution in [3.63, 3.8) is 0 Å².